The van der Waals surface area contributed by atoms with Gasteiger partial charge in [-0.25, -0.2) is 0 Å². The molecule has 7 nitrogen and oxygen atoms in total. The minimum atomic E-state index is -0.618. The van der Waals surface area contributed by atoms with Gasteiger partial charge in [0.2, 0.25) is 5.91 Å². The number of carbonyl (C=O) groups excluding carboxylic acids is 2. The highest BCUT2D eigenvalue weighted by atomic mass is 35.5. The second kappa shape index (κ2) is 12.1. The molecule has 0 aromatic heterocycles. The Kier molecular flexibility index (Phi) is 9.19. The van der Waals surface area contributed by atoms with Crippen LogP contribution in [0.4, 0.5) is 0 Å². The van der Waals surface area contributed by atoms with Crippen molar-refractivity contribution in [2.24, 2.45) is 5.92 Å². The van der Waals surface area contributed by atoms with Gasteiger partial charge in [-0.3, -0.25) is 14.5 Å². The van der Waals surface area contributed by atoms with Crippen LogP contribution in [0.25, 0.3) is 0 Å². The van der Waals surface area contributed by atoms with Crippen molar-refractivity contribution in [1.29, 1.82) is 0 Å². The number of amides is 2. The molecule has 1 heterocycles. The molecule has 34 heavy (non-hydrogen) atoms. The molecule has 1 saturated heterocycles. The molecule has 2 amide bonds. The fourth-order valence-electron chi connectivity index (χ4n) is 4.07. The number of ether oxygens (including phenoxy) is 2. The highest BCUT2D eigenvalue weighted by Crippen LogP contribution is 2.23. The molecule has 0 saturated carbocycles. The summed E-state index contributed by atoms with van der Waals surface area (Å²) in [7, 11) is 3.07. The van der Waals surface area contributed by atoms with Crippen LogP contribution in [0.3, 0.4) is 0 Å². The average Bonchev–Trinajstić information content (AvgIpc) is 3.08. The summed E-state index contributed by atoms with van der Waals surface area (Å²) in [5.74, 6) is 0.600. The first-order chi connectivity index (χ1) is 16.3. The van der Waals surface area contributed by atoms with Crippen LogP contribution in [0, 0.1) is 5.92 Å². The smallest absolute Gasteiger partial charge is 0.252 e. The maximum Gasteiger partial charge on any atom is 0.252 e. The molecule has 2 aromatic rings. The molecule has 1 fully saturated rings. The van der Waals surface area contributed by atoms with Crippen molar-refractivity contribution in [3.63, 3.8) is 0 Å². The second-order valence-corrected chi connectivity index (χ2v) is 9.31. The Balaban J connectivity index is 1.65. The first-order valence-corrected chi connectivity index (χ1v) is 12.0. The van der Waals surface area contributed by atoms with Gasteiger partial charge in [-0.05, 0) is 42.2 Å². The van der Waals surface area contributed by atoms with E-state index < -0.39 is 6.04 Å². The van der Waals surface area contributed by atoms with Crippen molar-refractivity contribution in [2.75, 3.05) is 40.4 Å². The first kappa shape index (κ1) is 25.8. The summed E-state index contributed by atoms with van der Waals surface area (Å²) in [6.45, 7) is 7.69. The van der Waals surface area contributed by atoms with E-state index in [4.69, 9.17) is 21.1 Å². The Morgan fingerprint density at radius 2 is 1.62 bits per heavy atom. The normalized spacial score (nSPS) is 15.5. The van der Waals surface area contributed by atoms with Crippen LogP contribution in [-0.4, -0.2) is 68.1 Å². The zero-order chi connectivity index (χ0) is 24.7. The highest BCUT2D eigenvalue weighted by molar-refractivity contribution is 6.30. The number of rotatable bonds is 8. The maximum absolute atomic E-state index is 13.4. The van der Waals surface area contributed by atoms with E-state index in [1.54, 1.807) is 18.2 Å². The summed E-state index contributed by atoms with van der Waals surface area (Å²) in [6.07, 6.45) is 0.880. The number of benzene rings is 2. The minimum absolute atomic E-state index is 0.0495. The molecule has 184 valence electrons. The van der Waals surface area contributed by atoms with Crippen LogP contribution < -0.4 is 14.8 Å². The van der Waals surface area contributed by atoms with Crippen LogP contribution >= 0.6 is 11.6 Å². The molecule has 0 aliphatic carbocycles. The first-order valence-electron chi connectivity index (χ1n) is 11.6. The standard InChI is InChI=1S/C26H34ClN3O4/c1-18(2)24(28-25(31)20-14-22(33-3)16-23(15-20)34-4)26(32)30-11-5-10-29(12-13-30)17-19-6-8-21(27)9-7-19/h6-9,14-16,18,24H,5,10-13,17H2,1-4H3,(H,28,31)/t24-/m1/s1. The Hall–Kier alpha value is -2.77. The molecule has 3 rings (SSSR count). The van der Waals surface area contributed by atoms with Crippen LogP contribution in [0.2, 0.25) is 5.02 Å². The monoisotopic (exact) mass is 487 g/mol. The molecule has 1 atom stereocenters. The molecule has 2 aromatic carbocycles. The van der Waals surface area contributed by atoms with Gasteiger partial charge in [0.1, 0.15) is 17.5 Å². The van der Waals surface area contributed by atoms with Crippen molar-refractivity contribution in [2.45, 2.75) is 32.9 Å². The molecule has 1 N–H and O–H groups in total. The molecule has 0 bridgehead atoms. The van der Waals surface area contributed by atoms with E-state index in [0.717, 1.165) is 31.1 Å². The SMILES string of the molecule is COc1cc(OC)cc(C(=O)N[C@@H](C(=O)N2CCCN(Cc3ccc(Cl)cc3)CC2)C(C)C)c1. The lowest BCUT2D eigenvalue weighted by Crippen LogP contribution is -2.52. The summed E-state index contributed by atoms with van der Waals surface area (Å²) in [5, 5.41) is 3.67. The molecule has 0 radical (unpaired) electrons. The number of hydrogen-bond acceptors (Lipinski definition) is 5. The third-order valence-corrected chi connectivity index (χ3v) is 6.30. The fraction of sp³-hybridized carbons (Fsp3) is 0.462. The van der Waals surface area contributed by atoms with Gasteiger partial charge in [-0.1, -0.05) is 37.6 Å². The second-order valence-electron chi connectivity index (χ2n) is 8.88. The van der Waals surface area contributed by atoms with Crippen molar-refractivity contribution >= 4 is 23.4 Å². The Morgan fingerprint density at radius 3 is 2.21 bits per heavy atom. The summed E-state index contributed by atoms with van der Waals surface area (Å²) in [6, 6.07) is 12.2. The quantitative estimate of drug-likeness (QED) is 0.612. The molecule has 1 aliphatic heterocycles. The van der Waals surface area contributed by atoms with E-state index in [0.29, 0.717) is 30.2 Å². The lowest BCUT2D eigenvalue weighted by molar-refractivity contribution is -0.134. The molecular weight excluding hydrogens is 454 g/mol. The predicted octanol–water partition coefficient (Wildman–Crippen LogP) is 3.85. The van der Waals surface area contributed by atoms with Gasteiger partial charge in [-0.2, -0.15) is 0 Å². The number of methoxy groups -OCH3 is 2. The van der Waals surface area contributed by atoms with E-state index >= 15 is 0 Å². The Bertz CT molecular complexity index is 958. The zero-order valence-electron chi connectivity index (χ0n) is 20.3. The van der Waals surface area contributed by atoms with Gasteiger partial charge < -0.3 is 19.7 Å². The molecule has 1 aliphatic rings. The van der Waals surface area contributed by atoms with E-state index in [2.05, 4.69) is 10.2 Å². The Morgan fingerprint density at radius 1 is 0.971 bits per heavy atom. The number of carbonyl (C=O) groups is 2. The van der Waals surface area contributed by atoms with Gasteiger partial charge in [-0.15, -0.1) is 0 Å². The highest BCUT2D eigenvalue weighted by Gasteiger charge is 2.30. The molecular formula is C26H34ClN3O4. The largest absolute Gasteiger partial charge is 0.497 e. The third kappa shape index (κ3) is 6.87. The van der Waals surface area contributed by atoms with Gasteiger partial charge >= 0.3 is 0 Å². The summed E-state index contributed by atoms with van der Waals surface area (Å²) < 4.78 is 10.5. The van der Waals surface area contributed by atoms with Gasteiger partial charge in [0, 0.05) is 49.4 Å². The predicted molar refractivity (Wildman–Crippen MR) is 134 cm³/mol. The van der Waals surface area contributed by atoms with Gasteiger partial charge in [0.15, 0.2) is 0 Å². The van der Waals surface area contributed by atoms with Crippen LogP contribution in [0.5, 0.6) is 11.5 Å². The average molecular weight is 488 g/mol. The van der Waals surface area contributed by atoms with Crippen molar-refractivity contribution < 1.29 is 19.1 Å². The van der Waals surface area contributed by atoms with Crippen molar-refractivity contribution in [3.05, 3.63) is 58.6 Å². The third-order valence-electron chi connectivity index (χ3n) is 6.05. The topological polar surface area (TPSA) is 71.1 Å². The van der Waals surface area contributed by atoms with E-state index in [1.165, 1.54) is 19.8 Å². The van der Waals surface area contributed by atoms with Gasteiger partial charge in [0.05, 0.1) is 14.2 Å². The van der Waals surface area contributed by atoms with E-state index in [9.17, 15) is 9.59 Å². The summed E-state index contributed by atoms with van der Waals surface area (Å²) >= 11 is 5.99. The number of nitrogens with zero attached hydrogens (tertiary/aromatic N) is 2. The molecule has 8 heteroatoms. The summed E-state index contributed by atoms with van der Waals surface area (Å²) in [4.78, 5) is 30.7. The molecule has 0 spiro atoms. The van der Waals surface area contributed by atoms with Crippen molar-refractivity contribution in [1.82, 2.24) is 15.1 Å². The van der Waals surface area contributed by atoms with Crippen LogP contribution in [-0.2, 0) is 11.3 Å². The van der Waals surface area contributed by atoms with Crippen LogP contribution in [0.15, 0.2) is 42.5 Å². The lowest BCUT2D eigenvalue weighted by atomic mass is 10.0. The van der Waals surface area contributed by atoms with Crippen molar-refractivity contribution in [3.8, 4) is 11.5 Å². The fourth-order valence-corrected chi connectivity index (χ4v) is 4.20. The number of hydrogen-bond donors (Lipinski definition) is 1. The maximum atomic E-state index is 13.4. The minimum Gasteiger partial charge on any atom is -0.497 e. The number of halogens is 1. The number of nitrogens with one attached hydrogen (secondary N) is 1. The van der Waals surface area contributed by atoms with Gasteiger partial charge in [0.25, 0.3) is 5.91 Å². The lowest BCUT2D eigenvalue weighted by Gasteiger charge is -2.29. The Labute approximate surface area is 207 Å². The van der Waals surface area contributed by atoms with E-state index in [1.807, 2.05) is 43.0 Å². The summed E-state index contributed by atoms with van der Waals surface area (Å²) in [5.41, 5.74) is 1.59. The van der Waals surface area contributed by atoms with E-state index in [-0.39, 0.29) is 17.7 Å². The van der Waals surface area contributed by atoms with Crippen LogP contribution in [0.1, 0.15) is 36.2 Å². The molecule has 0 unspecified atom stereocenters. The zero-order valence-corrected chi connectivity index (χ0v) is 21.1.